The molecule has 9 heteroatoms. The van der Waals surface area contributed by atoms with Crippen molar-refractivity contribution in [2.45, 2.75) is 69.9 Å². The summed E-state index contributed by atoms with van der Waals surface area (Å²) in [6.45, 7) is 9.47. The monoisotopic (exact) mass is 410 g/mol. The van der Waals surface area contributed by atoms with Gasteiger partial charge in [0.25, 0.3) is 0 Å². The van der Waals surface area contributed by atoms with Crippen LogP contribution in [0, 0.1) is 5.41 Å². The van der Waals surface area contributed by atoms with Gasteiger partial charge in [0.2, 0.25) is 0 Å². The van der Waals surface area contributed by atoms with Crippen LogP contribution in [0.25, 0.3) is 0 Å². The van der Waals surface area contributed by atoms with Crippen LogP contribution in [0.1, 0.15) is 46.2 Å². The van der Waals surface area contributed by atoms with E-state index in [1.54, 1.807) is 6.20 Å². The molecular formula is C19H30N4O4S. The van der Waals surface area contributed by atoms with Crippen molar-refractivity contribution in [3.05, 3.63) is 11.9 Å². The van der Waals surface area contributed by atoms with Gasteiger partial charge in [-0.1, -0.05) is 0 Å². The molecule has 0 saturated carbocycles. The van der Waals surface area contributed by atoms with Gasteiger partial charge in [-0.3, -0.25) is 0 Å². The zero-order valence-electron chi connectivity index (χ0n) is 16.9. The number of nitrogens with one attached hydrogen (secondary N) is 1. The van der Waals surface area contributed by atoms with E-state index in [4.69, 9.17) is 9.47 Å². The molecule has 2 atom stereocenters. The van der Waals surface area contributed by atoms with Crippen LogP contribution in [0.5, 0.6) is 0 Å². The maximum absolute atomic E-state index is 12.3. The van der Waals surface area contributed by atoms with Crippen LogP contribution in [-0.2, 0) is 16.1 Å². The Balaban J connectivity index is 1.70. The summed E-state index contributed by atoms with van der Waals surface area (Å²) in [5, 5.41) is 13.1. The van der Waals surface area contributed by atoms with Crippen LogP contribution < -0.4 is 10.2 Å². The maximum Gasteiger partial charge on any atom is 0.407 e. The molecule has 1 spiro atoms. The first kappa shape index (κ1) is 21.1. The minimum atomic E-state index is -0.540. The number of amides is 1. The Morgan fingerprint density at radius 3 is 2.75 bits per heavy atom. The lowest BCUT2D eigenvalue weighted by molar-refractivity contribution is 0.0434. The number of ether oxygens (including phenoxy) is 2. The van der Waals surface area contributed by atoms with Crippen molar-refractivity contribution < 1.29 is 19.4 Å². The third kappa shape index (κ3) is 4.52. The first-order valence-corrected chi connectivity index (χ1v) is 10.1. The van der Waals surface area contributed by atoms with Gasteiger partial charge in [-0.05, 0) is 40.5 Å². The molecule has 0 aliphatic carbocycles. The van der Waals surface area contributed by atoms with Crippen LogP contribution in [0.2, 0.25) is 0 Å². The van der Waals surface area contributed by atoms with E-state index in [2.05, 4.69) is 32.8 Å². The van der Waals surface area contributed by atoms with Gasteiger partial charge < -0.3 is 24.8 Å². The lowest BCUT2D eigenvalue weighted by Gasteiger charge is -2.43. The highest BCUT2D eigenvalue weighted by Gasteiger charge is 2.50. The summed E-state index contributed by atoms with van der Waals surface area (Å²) >= 11 is 4.20. The molecule has 2 fully saturated rings. The van der Waals surface area contributed by atoms with Gasteiger partial charge in [-0.2, -0.15) is 0 Å². The van der Waals surface area contributed by atoms with Gasteiger partial charge in [0.1, 0.15) is 16.3 Å². The van der Waals surface area contributed by atoms with Crippen LogP contribution in [0.3, 0.4) is 0 Å². The number of hydrogen-bond acceptors (Lipinski definition) is 8. The Bertz CT molecular complexity index is 716. The molecule has 0 bridgehead atoms. The second-order valence-electron chi connectivity index (χ2n) is 8.65. The minimum absolute atomic E-state index is 0.0738. The third-order valence-electron chi connectivity index (χ3n) is 5.45. The highest BCUT2D eigenvalue weighted by Crippen LogP contribution is 2.43. The third-order valence-corrected chi connectivity index (χ3v) is 5.67. The molecule has 3 rings (SSSR count). The lowest BCUT2D eigenvalue weighted by atomic mass is 9.73. The molecule has 1 aromatic heterocycles. The fourth-order valence-corrected chi connectivity index (χ4v) is 4.26. The summed E-state index contributed by atoms with van der Waals surface area (Å²) in [4.78, 5) is 23.1. The Morgan fingerprint density at radius 1 is 1.46 bits per heavy atom. The molecule has 2 aliphatic heterocycles. The molecule has 0 radical (unpaired) electrons. The second kappa shape index (κ2) is 8.04. The number of aromatic nitrogens is 2. The summed E-state index contributed by atoms with van der Waals surface area (Å²) in [5.74, 6) is 0.693. The van der Waals surface area contributed by atoms with Crippen molar-refractivity contribution in [3.63, 3.8) is 0 Å². The number of nitrogens with zero attached hydrogens (tertiary/aromatic N) is 3. The van der Waals surface area contributed by atoms with Crippen molar-refractivity contribution >= 4 is 24.5 Å². The van der Waals surface area contributed by atoms with E-state index in [1.165, 1.54) is 0 Å². The number of carbonyl (C=O) groups is 1. The van der Waals surface area contributed by atoms with Crippen molar-refractivity contribution in [3.8, 4) is 0 Å². The standard InChI is InChI=1S/C19H30N4O4S/c1-12-15(22-17(25)27-18(2,3)4)19(11-26-12)5-7-23(8-6-19)16-13(10-24)21-14(28)9-20-16/h9,12,15,24H,5-8,10-11H2,1-4H3,(H,21,28)(H,22,25)/t12-,15+/m0/s1. The minimum Gasteiger partial charge on any atom is -0.444 e. The molecule has 0 unspecified atom stereocenters. The number of hydrogen-bond donors (Lipinski definition) is 3. The predicted molar refractivity (Wildman–Crippen MR) is 108 cm³/mol. The first-order valence-electron chi connectivity index (χ1n) is 9.65. The SMILES string of the molecule is C[C@@H]1OCC2(CCN(c3ncc(S)nc3CO)CC2)[C@@H]1NC(=O)OC(C)(C)C. The number of anilines is 1. The summed E-state index contributed by atoms with van der Waals surface area (Å²) in [6, 6.07) is -0.104. The summed E-state index contributed by atoms with van der Waals surface area (Å²) in [7, 11) is 0. The normalized spacial score (nSPS) is 24.4. The topological polar surface area (TPSA) is 96.8 Å². The number of alkyl carbamates (subject to hydrolysis) is 1. The van der Waals surface area contributed by atoms with Crippen LogP contribution in [0.4, 0.5) is 10.6 Å². The van der Waals surface area contributed by atoms with Gasteiger partial charge >= 0.3 is 6.09 Å². The number of rotatable bonds is 3. The molecule has 2 saturated heterocycles. The van der Waals surface area contributed by atoms with E-state index < -0.39 is 11.7 Å². The van der Waals surface area contributed by atoms with Gasteiger partial charge in [0, 0.05) is 18.5 Å². The predicted octanol–water partition coefficient (Wildman–Crippen LogP) is 2.16. The summed E-state index contributed by atoms with van der Waals surface area (Å²) in [5.41, 5.74) is -0.145. The zero-order chi connectivity index (χ0) is 20.5. The summed E-state index contributed by atoms with van der Waals surface area (Å²) < 4.78 is 11.4. The first-order chi connectivity index (χ1) is 13.1. The molecule has 28 heavy (non-hydrogen) atoms. The van der Waals surface area contributed by atoms with Gasteiger partial charge in [-0.25, -0.2) is 14.8 Å². The fraction of sp³-hybridized carbons (Fsp3) is 0.737. The number of thiol groups is 1. The van der Waals surface area contributed by atoms with Gasteiger partial charge in [0.05, 0.1) is 31.6 Å². The van der Waals surface area contributed by atoms with Crippen LogP contribution >= 0.6 is 12.6 Å². The highest BCUT2D eigenvalue weighted by atomic mass is 32.1. The maximum atomic E-state index is 12.3. The van der Waals surface area contributed by atoms with Crippen molar-refractivity contribution in [1.82, 2.24) is 15.3 Å². The smallest absolute Gasteiger partial charge is 0.407 e. The molecule has 2 N–H and O–H groups in total. The Morgan fingerprint density at radius 2 is 2.14 bits per heavy atom. The molecule has 0 aromatic carbocycles. The van der Waals surface area contributed by atoms with E-state index >= 15 is 0 Å². The van der Waals surface area contributed by atoms with Crippen molar-refractivity contribution in [2.24, 2.45) is 5.41 Å². The molecule has 1 aromatic rings. The van der Waals surface area contributed by atoms with Crippen LogP contribution in [0.15, 0.2) is 11.2 Å². The molecule has 156 valence electrons. The zero-order valence-corrected chi connectivity index (χ0v) is 17.8. The number of aliphatic hydroxyl groups excluding tert-OH is 1. The van der Waals surface area contributed by atoms with Crippen molar-refractivity contribution in [1.29, 1.82) is 0 Å². The number of aliphatic hydroxyl groups is 1. The van der Waals surface area contributed by atoms with Gasteiger partial charge in [-0.15, -0.1) is 12.6 Å². The quantitative estimate of drug-likeness (QED) is 0.657. The van der Waals surface area contributed by atoms with E-state index in [-0.39, 0.29) is 24.2 Å². The van der Waals surface area contributed by atoms with Crippen LogP contribution in [-0.4, -0.2) is 58.6 Å². The number of carbonyl (C=O) groups excluding carboxylic acids is 1. The summed E-state index contributed by atoms with van der Waals surface area (Å²) in [6.07, 6.45) is 2.79. The lowest BCUT2D eigenvalue weighted by Crippen LogP contribution is -2.55. The van der Waals surface area contributed by atoms with E-state index in [1.807, 2.05) is 27.7 Å². The Hall–Kier alpha value is -1.58. The highest BCUT2D eigenvalue weighted by molar-refractivity contribution is 7.80. The number of piperidine rings is 1. The Labute approximate surface area is 171 Å². The van der Waals surface area contributed by atoms with Gasteiger partial charge in [0.15, 0.2) is 5.82 Å². The van der Waals surface area contributed by atoms with E-state index in [0.29, 0.717) is 23.1 Å². The molecule has 2 aliphatic rings. The molecule has 3 heterocycles. The largest absolute Gasteiger partial charge is 0.444 e. The fourth-order valence-electron chi connectivity index (χ4n) is 4.09. The molecular weight excluding hydrogens is 380 g/mol. The van der Waals surface area contributed by atoms with E-state index in [9.17, 15) is 9.90 Å². The van der Waals surface area contributed by atoms with E-state index in [0.717, 1.165) is 25.9 Å². The van der Waals surface area contributed by atoms with Crippen molar-refractivity contribution in [2.75, 3.05) is 24.6 Å². The average Bonchev–Trinajstić information content (AvgIpc) is 2.90. The molecule has 8 nitrogen and oxygen atoms in total. The average molecular weight is 411 g/mol. The molecule has 1 amide bonds. The Kier molecular flexibility index (Phi) is 6.07. The second-order valence-corrected chi connectivity index (χ2v) is 9.10.